The Hall–Kier alpha value is -3.01. The fraction of sp³-hybridized carbons (Fsp3) is 0.280. The van der Waals surface area contributed by atoms with Crippen molar-refractivity contribution < 1.29 is 22.1 Å². The molecule has 1 aliphatic heterocycles. The predicted molar refractivity (Wildman–Crippen MR) is 133 cm³/mol. The molecule has 1 N–H and O–H groups in total. The van der Waals surface area contributed by atoms with Crippen molar-refractivity contribution in [3.05, 3.63) is 75.9 Å². The maximum absolute atomic E-state index is 14.0. The Kier molecular flexibility index (Phi) is 7.39. The molecule has 0 aliphatic carbocycles. The minimum Gasteiger partial charge on any atom is -0.355 e. The van der Waals surface area contributed by atoms with Gasteiger partial charge < -0.3 is 9.84 Å². The molecule has 0 spiro atoms. The van der Waals surface area contributed by atoms with Crippen LogP contribution in [0.25, 0.3) is 12.2 Å². The third kappa shape index (κ3) is 5.47. The molecule has 4 rings (SSSR count). The van der Waals surface area contributed by atoms with E-state index >= 15 is 0 Å². The molecule has 1 aromatic heterocycles. The molecule has 10 heteroatoms. The van der Waals surface area contributed by atoms with E-state index in [1.165, 1.54) is 29.4 Å². The van der Waals surface area contributed by atoms with Crippen LogP contribution < -0.4 is 5.32 Å². The van der Waals surface area contributed by atoms with Crippen molar-refractivity contribution in [1.82, 2.24) is 9.46 Å². The monoisotopic (exact) mass is 517 g/mol. The minimum absolute atomic E-state index is 0.00349. The zero-order chi connectivity index (χ0) is 25.2. The highest BCUT2D eigenvalue weighted by atomic mass is 35.5. The Morgan fingerprint density at radius 3 is 2.74 bits per heavy atom. The molecule has 1 aliphatic rings. The van der Waals surface area contributed by atoms with Crippen LogP contribution in [0.3, 0.4) is 0 Å². The lowest BCUT2D eigenvalue weighted by atomic mass is 9.98. The molecule has 0 unspecified atom stereocenters. The van der Waals surface area contributed by atoms with Gasteiger partial charge in [-0.1, -0.05) is 41.0 Å². The summed E-state index contributed by atoms with van der Waals surface area (Å²) in [5.74, 6) is -1.28. The van der Waals surface area contributed by atoms with Crippen molar-refractivity contribution in [3.63, 3.8) is 0 Å². The number of carbonyl (C=O) groups is 1. The number of amides is 1. The molecule has 2 aromatic carbocycles. The first-order valence-corrected chi connectivity index (χ1v) is 12.9. The number of carbonyl (C=O) groups excluding carboxylic acids is 1. The van der Waals surface area contributed by atoms with Crippen LogP contribution in [-0.4, -0.2) is 36.9 Å². The maximum atomic E-state index is 14.0. The summed E-state index contributed by atoms with van der Waals surface area (Å²) in [5.41, 5.74) is 1.93. The molecule has 184 valence electrons. The molecule has 1 saturated heterocycles. The number of hydrogen-bond donors (Lipinski definition) is 1. The van der Waals surface area contributed by atoms with E-state index in [0.29, 0.717) is 23.6 Å². The van der Waals surface area contributed by atoms with Crippen molar-refractivity contribution >= 4 is 45.4 Å². The van der Waals surface area contributed by atoms with E-state index < -0.39 is 21.8 Å². The zero-order valence-electron chi connectivity index (χ0n) is 19.3. The molecular formula is C25H25ClFN3O4S. The minimum atomic E-state index is -4.02. The molecule has 3 aromatic rings. The van der Waals surface area contributed by atoms with Gasteiger partial charge in [-0.15, -0.1) is 0 Å². The Bertz CT molecular complexity index is 1390. The Morgan fingerprint density at radius 1 is 1.23 bits per heavy atom. The highest BCUT2D eigenvalue weighted by molar-refractivity contribution is 7.89. The molecule has 35 heavy (non-hydrogen) atoms. The summed E-state index contributed by atoms with van der Waals surface area (Å²) in [6.07, 6.45) is 3.89. The van der Waals surface area contributed by atoms with E-state index in [4.69, 9.17) is 16.1 Å². The highest BCUT2D eigenvalue weighted by Gasteiger charge is 2.37. The fourth-order valence-electron chi connectivity index (χ4n) is 4.03. The molecule has 7 nitrogen and oxygen atoms in total. The van der Waals surface area contributed by atoms with Crippen LogP contribution in [0.4, 0.5) is 10.1 Å². The van der Waals surface area contributed by atoms with Crippen molar-refractivity contribution in [1.29, 1.82) is 0 Å². The topological polar surface area (TPSA) is 92.5 Å². The van der Waals surface area contributed by atoms with Gasteiger partial charge in [0, 0.05) is 18.7 Å². The number of benzene rings is 2. The number of nitrogens with one attached hydrogen (secondary N) is 1. The van der Waals surface area contributed by atoms with Gasteiger partial charge in [-0.05, 0) is 62.6 Å². The predicted octanol–water partition coefficient (Wildman–Crippen LogP) is 5.29. The summed E-state index contributed by atoms with van der Waals surface area (Å²) in [7, 11) is -4.02. The first-order valence-electron chi connectivity index (χ1n) is 11.1. The van der Waals surface area contributed by atoms with Gasteiger partial charge in [0.05, 0.1) is 16.6 Å². The van der Waals surface area contributed by atoms with E-state index in [2.05, 4.69) is 10.5 Å². The van der Waals surface area contributed by atoms with Crippen LogP contribution in [-0.2, 0) is 14.8 Å². The Morgan fingerprint density at radius 2 is 2.00 bits per heavy atom. The number of piperidine rings is 1. The van der Waals surface area contributed by atoms with Gasteiger partial charge in [-0.3, -0.25) is 4.79 Å². The molecule has 0 saturated carbocycles. The number of nitrogens with zero attached hydrogens (tertiary/aromatic N) is 2. The molecule has 1 fully saturated rings. The molecule has 1 amide bonds. The quantitative estimate of drug-likeness (QED) is 0.479. The SMILES string of the molecule is Cc1ccc(NC(=O)[C@H]2CCCN(S(=O)(=O)c3c(C)noc3/C=C/c3ccccc3F)C2)c(Cl)c1. The summed E-state index contributed by atoms with van der Waals surface area (Å²) >= 11 is 6.23. The largest absolute Gasteiger partial charge is 0.355 e. The number of hydrogen-bond acceptors (Lipinski definition) is 5. The second-order valence-corrected chi connectivity index (χ2v) is 10.8. The normalized spacial score (nSPS) is 17.1. The number of anilines is 1. The molecule has 0 radical (unpaired) electrons. The second kappa shape index (κ2) is 10.3. The molecule has 0 bridgehead atoms. The highest BCUT2D eigenvalue weighted by Crippen LogP contribution is 2.30. The maximum Gasteiger partial charge on any atom is 0.248 e. The van der Waals surface area contributed by atoms with Gasteiger partial charge in [0.1, 0.15) is 11.5 Å². The fourth-order valence-corrected chi connectivity index (χ4v) is 6.09. The number of aryl methyl sites for hydroxylation is 2. The standard InChI is InChI=1S/C25H25ClFN3O4S/c1-16-9-11-22(20(26)14-16)28-25(31)19-7-5-13-30(15-19)35(32,33)24-17(2)29-34-23(24)12-10-18-6-3-4-8-21(18)27/h3-4,6,8-12,14,19H,5,7,13,15H2,1-2H3,(H,28,31)/b12-10+/t19-/m0/s1. The van der Waals surface area contributed by atoms with Crippen LogP contribution in [0.2, 0.25) is 5.02 Å². The number of rotatable bonds is 6. The first kappa shape index (κ1) is 25.1. The van der Waals surface area contributed by atoms with Crippen LogP contribution in [0.15, 0.2) is 51.9 Å². The zero-order valence-corrected chi connectivity index (χ0v) is 20.9. The van der Waals surface area contributed by atoms with Crippen molar-refractivity contribution in [2.45, 2.75) is 31.6 Å². The van der Waals surface area contributed by atoms with Gasteiger partial charge >= 0.3 is 0 Å². The summed E-state index contributed by atoms with van der Waals surface area (Å²) in [5, 5.41) is 7.05. The molecule has 2 heterocycles. The summed E-state index contributed by atoms with van der Waals surface area (Å²) in [4.78, 5) is 12.8. The van der Waals surface area contributed by atoms with Crippen molar-refractivity contribution in [3.8, 4) is 0 Å². The lowest BCUT2D eigenvalue weighted by Crippen LogP contribution is -2.43. The second-order valence-electron chi connectivity index (χ2n) is 8.49. The van der Waals surface area contributed by atoms with Crippen LogP contribution in [0.5, 0.6) is 0 Å². The third-order valence-electron chi connectivity index (χ3n) is 5.89. The summed E-state index contributed by atoms with van der Waals surface area (Å²) in [6, 6.07) is 11.4. The van der Waals surface area contributed by atoms with E-state index in [0.717, 1.165) is 5.56 Å². The summed E-state index contributed by atoms with van der Waals surface area (Å²) < 4.78 is 47.6. The van der Waals surface area contributed by atoms with Crippen LogP contribution >= 0.6 is 11.6 Å². The van der Waals surface area contributed by atoms with Gasteiger partial charge in [0.2, 0.25) is 15.9 Å². The molecule has 1 atom stereocenters. The average Bonchev–Trinajstić information content (AvgIpc) is 3.21. The first-order chi connectivity index (χ1) is 16.7. The van der Waals surface area contributed by atoms with E-state index in [-0.39, 0.29) is 40.9 Å². The smallest absolute Gasteiger partial charge is 0.248 e. The van der Waals surface area contributed by atoms with Crippen LogP contribution in [0, 0.1) is 25.6 Å². The van der Waals surface area contributed by atoms with Gasteiger partial charge in [-0.2, -0.15) is 4.31 Å². The van der Waals surface area contributed by atoms with E-state index in [1.54, 1.807) is 30.3 Å². The van der Waals surface area contributed by atoms with Gasteiger partial charge in [0.15, 0.2) is 10.7 Å². The Labute approximate surface area is 208 Å². The average molecular weight is 518 g/mol. The molecular weight excluding hydrogens is 493 g/mol. The Balaban J connectivity index is 1.54. The summed E-state index contributed by atoms with van der Waals surface area (Å²) in [6.45, 7) is 3.70. The van der Waals surface area contributed by atoms with Crippen molar-refractivity contribution in [2.24, 2.45) is 5.92 Å². The van der Waals surface area contributed by atoms with E-state index in [9.17, 15) is 17.6 Å². The van der Waals surface area contributed by atoms with Gasteiger partial charge in [0.25, 0.3) is 0 Å². The third-order valence-corrected chi connectivity index (χ3v) is 8.22. The van der Waals surface area contributed by atoms with E-state index in [1.807, 2.05) is 13.0 Å². The number of aromatic nitrogens is 1. The van der Waals surface area contributed by atoms with Crippen LogP contribution in [0.1, 0.15) is 35.4 Å². The van der Waals surface area contributed by atoms with Gasteiger partial charge in [-0.25, -0.2) is 12.8 Å². The number of sulfonamides is 1. The number of halogens is 2. The lowest BCUT2D eigenvalue weighted by molar-refractivity contribution is -0.120. The lowest BCUT2D eigenvalue weighted by Gasteiger charge is -2.31. The van der Waals surface area contributed by atoms with Crippen molar-refractivity contribution in [2.75, 3.05) is 18.4 Å².